The minimum atomic E-state index is 0.469. The molecule has 0 saturated carbocycles. The van der Waals surface area contributed by atoms with Gasteiger partial charge in [-0.2, -0.15) is 0 Å². The van der Waals surface area contributed by atoms with Crippen molar-refractivity contribution in [1.82, 2.24) is 10.2 Å². The fourth-order valence-corrected chi connectivity index (χ4v) is 1.91. The van der Waals surface area contributed by atoms with E-state index in [-0.39, 0.29) is 0 Å². The Hall–Kier alpha value is 0.01000. The lowest BCUT2D eigenvalue weighted by Crippen LogP contribution is -2.38. The van der Waals surface area contributed by atoms with Crippen LogP contribution in [0.5, 0.6) is 0 Å². The van der Waals surface area contributed by atoms with Crippen LogP contribution in [-0.2, 0) is 0 Å². The van der Waals surface area contributed by atoms with Gasteiger partial charge in [-0.1, -0.05) is 39.4 Å². The third-order valence-electron chi connectivity index (χ3n) is 2.54. The van der Waals surface area contributed by atoms with Crippen molar-refractivity contribution >= 4 is 17.1 Å². The van der Waals surface area contributed by atoms with Crippen LogP contribution < -0.4 is 5.32 Å². The van der Waals surface area contributed by atoms with Crippen LogP contribution in [0.4, 0.5) is 0 Å². The van der Waals surface area contributed by atoms with Crippen LogP contribution in [0.1, 0.15) is 40.0 Å². The molecule has 1 aliphatic heterocycles. The summed E-state index contributed by atoms with van der Waals surface area (Å²) in [7, 11) is 2.18. The molecule has 0 aromatic rings. The highest BCUT2D eigenvalue weighted by molar-refractivity contribution is 7.80. The average Bonchev–Trinajstić information content (AvgIpc) is 2.64. The van der Waals surface area contributed by atoms with Crippen molar-refractivity contribution < 1.29 is 0 Å². The second kappa shape index (κ2) is 9.25. The molecule has 1 rings (SSSR count). The second-order valence-corrected chi connectivity index (χ2v) is 4.36. The van der Waals surface area contributed by atoms with E-state index in [9.17, 15) is 0 Å². The second-order valence-electron chi connectivity index (χ2n) is 3.84. The van der Waals surface area contributed by atoms with Gasteiger partial charge in [0.15, 0.2) is 0 Å². The van der Waals surface area contributed by atoms with Gasteiger partial charge < -0.3 is 10.2 Å². The topological polar surface area (TPSA) is 15.3 Å². The predicted octanol–water partition coefficient (Wildman–Crippen LogP) is 2.48. The zero-order valence-electron chi connectivity index (χ0n) is 10.7. The summed E-state index contributed by atoms with van der Waals surface area (Å²) in [4.78, 5) is 3.59. The molecule has 0 aromatic carbocycles. The molecule has 1 fully saturated rings. The fourth-order valence-electron chi connectivity index (χ4n) is 1.66. The maximum absolute atomic E-state index is 5.28. The van der Waals surface area contributed by atoms with Crippen molar-refractivity contribution in [1.29, 1.82) is 0 Å². The van der Waals surface area contributed by atoms with Crippen molar-refractivity contribution in [2.24, 2.45) is 0 Å². The van der Waals surface area contributed by atoms with Gasteiger partial charge in [0.05, 0.1) is 6.04 Å². The third kappa shape index (κ3) is 6.23. The molecule has 0 amide bonds. The SMILES string of the molecule is CC.CCCCN(C)CC1NCCC1=S. The molecule has 0 spiro atoms. The molecule has 0 bridgehead atoms. The van der Waals surface area contributed by atoms with Crippen LogP contribution in [0.3, 0.4) is 0 Å². The van der Waals surface area contributed by atoms with Crippen LogP contribution in [0.15, 0.2) is 0 Å². The van der Waals surface area contributed by atoms with Gasteiger partial charge >= 0.3 is 0 Å². The van der Waals surface area contributed by atoms with E-state index in [1.54, 1.807) is 0 Å². The summed E-state index contributed by atoms with van der Waals surface area (Å²) in [5, 5.41) is 3.43. The van der Waals surface area contributed by atoms with Crippen LogP contribution in [0, 0.1) is 0 Å². The first-order valence-corrected chi connectivity index (χ1v) is 6.59. The van der Waals surface area contributed by atoms with E-state index in [4.69, 9.17) is 12.2 Å². The molecular formula is C12H26N2S. The molecule has 1 atom stereocenters. The minimum Gasteiger partial charge on any atom is -0.308 e. The number of hydrogen-bond donors (Lipinski definition) is 1. The molecule has 0 radical (unpaired) electrons. The van der Waals surface area contributed by atoms with Crippen molar-refractivity contribution in [3.63, 3.8) is 0 Å². The average molecular weight is 230 g/mol. The van der Waals surface area contributed by atoms with Gasteiger partial charge in [-0.15, -0.1) is 0 Å². The quantitative estimate of drug-likeness (QED) is 0.731. The Bertz CT molecular complexity index is 171. The van der Waals surface area contributed by atoms with Crippen molar-refractivity contribution in [2.75, 3.05) is 26.7 Å². The van der Waals surface area contributed by atoms with Crippen molar-refractivity contribution in [3.8, 4) is 0 Å². The summed E-state index contributed by atoms with van der Waals surface area (Å²) in [5.41, 5.74) is 0. The lowest BCUT2D eigenvalue weighted by Gasteiger charge is -2.20. The molecule has 1 aliphatic rings. The number of hydrogen-bond acceptors (Lipinski definition) is 3. The van der Waals surface area contributed by atoms with E-state index >= 15 is 0 Å². The molecule has 90 valence electrons. The Balaban J connectivity index is 0.000000921. The number of nitrogens with one attached hydrogen (secondary N) is 1. The van der Waals surface area contributed by atoms with Gasteiger partial charge in [0.1, 0.15) is 0 Å². The normalized spacial score (nSPS) is 20.3. The standard InChI is InChI=1S/C10H20N2S.C2H6/c1-3-4-7-12(2)8-9-10(13)5-6-11-9;1-2/h9,11H,3-8H2,1-2H3;1-2H3. The Labute approximate surface area is 100 Å². The lowest BCUT2D eigenvalue weighted by molar-refractivity contribution is 0.316. The van der Waals surface area contributed by atoms with Gasteiger partial charge in [-0.05, 0) is 26.4 Å². The minimum absolute atomic E-state index is 0.469. The first-order valence-electron chi connectivity index (χ1n) is 6.18. The van der Waals surface area contributed by atoms with Crippen LogP contribution >= 0.6 is 12.2 Å². The van der Waals surface area contributed by atoms with E-state index in [0.717, 1.165) is 19.5 Å². The van der Waals surface area contributed by atoms with Crippen molar-refractivity contribution in [2.45, 2.75) is 46.1 Å². The largest absolute Gasteiger partial charge is 0.308 e. The summed E-state index contributed by atoms with van der Waals surface area (Å²) in [6, 6.07) is 0.469. The summed E-state index contributed by atoms with van der Waals surface area (Å²) < 4.78 is 0. The predicted molar refractivity (Wildman–Crippen MR) is 72.8 cm³/mol. The molecule has 1 unspecified atom stereocenters. The smallest absolute Gasteiger partial charge is 0.0513 e. The van der Waals surface area contributed by atoms with E-state index in [1.807, 2.05) is 13.8 Å². The van der Waals surface area contributed by atoms with Gasteiger partial charge in [0.2, 0.25) is 0 Å². The van der Waals surface area contributed by atoms with E-state index in [2.05, 4.69) is 24.2 Å². The number of unbranched alkanes of at least 4 members (excludes halogenated alkanes) is 1. The van der Waals surface area contributed by atoms with Crippen LogP contribution in [-0.4, -0.2) is 42.5 Å². The number of nitrogens with zero attached hydrogens (tertiary/aromatic N) is 1. The Morgan fingerprint density at radius 2 is 2.13 bits per heavy atom. The number of rotatable bonds is 5. The third-order valence-corrected chi connectivity index (χ3v) is 3.03. The molecule has 1 N–H and O–H groups in total. The Kier molecular flexibility index (Phi) is 9.26. The first-order chi connectivity index (χ1) is 7.24. The number of thiocarbonyl (C=S) groups is 1. The monoisotopic (exact) mass is 230 g/mol. The highest BCUT2D eigenvalue weighted by Gasteiger charge is 2.20. The summed E-state index contributed by atoms with van der Waals surface area (Å²) in [5.74, 6) is 0. The molecule has 0 aliphatic carbocycles. The Morgan fingerprint density at radius 1 is 1.47 bits per heavy atom. The molecule has 3 heteroatoms. The van der Waals surface area contributed by atoms with Gasteiger partial charge in [0.25, 0.3) is 0 Å². The first kappa shape index (κ1) is 15.0. The maximum atomic E-state index is 5.28. The number of likely N-dealkylation sites (N-methyl/N-ethyl adjacent to an activating group) is 1. The summed E-state index contributed by atoms with van der Waals surface area (Å²) in [6.45, 7) is 9.58. The molecule has 0 aromatic heterocycles. The molecule has 2 nitrogen and oxygen atoms in total. The van der Waals surface area contributed by atoms with E-state index in [1.165, 1.54) is 24.3 Å². The molecule has 1 heterocycles. The van der Waals surface area contributed by atoms with E-state index in [0.29, 0.717) is 6.04 Å². The summed E-state index contributed by atoms with van der Waals surface area (Å²) in [6.07, 6.45) is 3.64. The van der Waals surface area contributed by atoms with Crippen molar-refractivity contribution in [3.05, 3.63) is 0 Å². The van der Waals surface area contributed by atoms with Gasteiger partial charge in [-0.3, -0.25) is 0 Å². The molecule has 1 saturated heterocycles. The van der Waals surface area contributed by atoms with Gasteiger partial charge in [0, 0.05) is 18.0 Å². The fraction of sp³-hybridized carbons (Fsp3) is 0.917. The maximum Gasteiger partial charge on any atom is 0.0513 e. The zero-order valence-corrected chi connectivity index (χ0v) is 11.5. The van der Waals surface area contributed by atoms with Crippen LogP contribution in [0.25, 0.3) is 0 Å². The van der Waals surface area contributed by atoms with Gasteiger partial charge in [-0.25, -0.2) is 0 Å². The van der Waals surface area contributed by atoms with Crippen LogP contribution in [0.2, 0.25) is 0 Å². The summed E-state index contributed by atoms with van der Waals surface area (Å²) >= 11 is 5.28. The highest BCUT2D eigenvalue weighted by atomic mass is 32.1. The highest BCUT2D eigenvalue weighted by Crippen LogP contribution is 2.05. The Morgan fingerprint density at radius 3 is 2.60 bits per heavy atom. The molecule has 15 heavy (non-hydrogen) atoms. The van der Waals surface area contributed by atoms with E-state index < -0.39 is 0 Å². The zero-order chi connectivity index (χ0) is 11.7. The lowest BCUT2D eigenvalue weighted by atomic mass is 10.2. The molecular weight excluding hydrogens is 204 g/mol.